The van der Waals surface area contributed by atoms with Gasteiger partial charge in [-0.2, -0.15) is 0 Å². The molecule has 3 nitrogen and oxygen atoms in total. The maximum atomic E-state index is 12.3. The first kappa shape index (κ1) is 14.6. The van der Waals surface area contributed by atoms with Gasteiger partial charge in [-0.3, -0.25) is 4.79 Å². The van der Waals surface area contributed by atoms with E-state index in [4.69, 9.17) is 5.73 Å². The number of para-hydroxylation sites is 2. The Morgan fingerprint density at radius 3 is 2.70 bits per heavy atom. The standard InChI is InChI=1S/C16H20N2OS/c1-3-7-14-11(4-2)10-15(20-14)16(19)18-13-9-6-5-8-12(13)17/h5-6,8-10H,3-4,7,17H2,1-2H3,(H,18,19). The minimum atomic E-state index is -0.0787. The summed E-state index contributed by atoms with van der Waals surface area (Å²) in [5.41, 5.74) is 8.38. The van der Waals surface area contributed by atoms with Crippen LogP contribution in [-0.2, 0) is 12.8 Å². The highest BCUT2D eigenvalue weighted by Crippen LogP contribution is 2.26. The third-order valence-electron chi connectivity index (χ3n) is 3.19. The van der Waals surface area contributed by atoms with E-state index < -0.39 is 0 Å². The van der Waals surface area contributed by atoms with E-state index in [1.165, 1.54) is 10.4 Å². The van der Waals surface area contributed by atoms with Crippen molar-refractivity contribution >= 4 is 28.6 Å². The van der Waals surface area contributed by atoms with Crippen molar-refractivity contribution in [2.75, 3.05) is 11.1 Å². The van der Waals surface area contributed by atoms with Gasteiger partial charge in [0.2, 0.25) is 0 Å². The topological polar surface area (TPSA) is 55.1 Å². The molecular weight excluding hydrogens is 268 g/mol. The Morgan fingerprint density at radius 1 is 1.30 bits per heavy atom. The molecule has 106 valence electrons. The molecule has 0 aliphatic heterocycles. The van der Waals surface area contributed by atoms with E-state index in [-0.39, 0.29) is 5.91 Å². The lowest BCUT2D eigenvalue weighted by Crippen LogP contribution is -2.11. The summed E-state index contributed by atoms with van der Waals surface area (Å²) in [5.74, 6) is -0.0787. The van der Waals surface area contributed by atoms with Crippen LogP contribution in [0, 0.1) is 0 Å². The second kappa shape index (κ2) is 6.57. The Hall–Kier alpha value is -1.81. The van der Waals surface area contributed by atoms with Gasteiger partial charge in [0.25, 0.3) is 5.91 Å². The Morgan fingerprint density at radius 2 is 2.05 bits per heavy atom. The van der Waals surface area contributed by atoms with Crippen LogP contribution >= 0.6 is 11.3 Å². The fourth-order valence-electron chi connectivity index (χ4n) is 2.11. The lowest BCUT2D eigenvalue weighted by atomic mass is 10.1. The monoisotopic (exact) mass is 288 g/mol. The molecule has 1 aromatic heterocycles. The Bertz CT molecular complexity index is 604. The zero-order chi connectivity index (χ0) is 14.5. The van der Waals surface area contributed by atoms with Crippen LogP contribution in [0.5, 0.6) is 0 Å². The number of thiophene rings is 1. The Kier molecular flexibility index (Phi) is 4.79. The van der Waals surface area contributed by atoms with Crippen LogP contribution in [0.1, 0.15) is 40.4 Å². The highest BCUT2D eigenvalue weighted by Gasteiger charge is 2.14. The molecule has 1 amide bonds. The molecule has 0 radical (unpaired) electrons. The van der Waals surface area contributed by atoms with E-state index in [0.29, 0.717) is 11.4 Å². The average Bonchev–Trinajstić information content (AvgIpc) is 2.85. The van der Waals surface area contributed by atoms with Gasteiger partial charge in [0.05, 0.1) is 16.3 Å². The van der Waals surface area contributed by atoms with Crippen LogP contribution in [0.2, 0.25) is 0 Å². The summed E-state index contributed by atoms with van der Waals surface area (Å²) in [6.07, 6.45) is 3.10. The van der Waals surface area contributed by atoms with Crippen molar-refractivity contribution in [3.8, 4) is 0 Å². The van der Waals surface area contributed by atoms with E-state index >= 15 is 0 Å². The molecule has 0 aliphatic carbocycles. The number of benzene rings is 1. The summed E-state index contributed by atoms with van der Waals surface area (Å²) in [6.45, 7) is 4.28. The number of amides is 1. The molecule has 0 saturated heterocycles. The van der Waals surface area contributed by atoms with Crippen LogP contribution in [0.4, 0.5) is 11.4 Å². The molecule has 0 aliphatic rings. The zero-order valence-corrected chi connectivity index (χ0v) is 12.7. The molecule has 1 heterocycles. The highest BCUT2D eigenvalue weighted by molar-refractivity contribution is 7.14. The minimum Gasteiger partial charge on any atom is -0.397 e. The average molecular weight is 288 g/mol. The summed E-state index contributed by atoms with van der Waals surface area (Å²) in [4.78, 5) is 14.4. The van der Waals surface area contributed by atoms with Gasteiger partial charge in [0.1, 0.15) is 0 Å². The summed E-state index contributed by atoms with van der Waals surface area (Å²) in [7, 11) is 0. The van der Waals surface area contributed by atoms with Crippen molar-refractivity contribution in [2.24, 2.45) is 0 Å². The smallest absolute Gasteiger partial charge is 0.265 e. The van der Waals surface area contributed by atoms with Crippen LogP contribution in [0.25, 0.3) is 0 Å². The third-order valence-corrected chi connectivity index (χ3v) is 4.42. The largest absolute Gasteiger partial charge is 0.397 e. The second-order valence-corrected chi connectivity index (χ2v) is 5.84. The predicted molar refractivity (Wildman–Crippen MR) is 86.5 cm³/mol. The first-order valence-corrected chi connectivity index (χ1v) is 7.74. The molecule has 0 saturated carbocycles. The van der Waals surface area contributed by atoms with Gasteiger partial charge in [-0.25, -0.2) is 0 Å². The molecule has 4 heteroatoms. The molecular formula is C16H20N2OS. The number of anilines is 2. The van der Waals surface area contributed by atoms with Crippen molar-refractivity contribution in [2.45, 2.75) is 33.1 Å². The van der Waals surface area contributed by atoms with Crippen molar-refractivity contribution in [3.05, 3.63) is 45.6 Å². The maximum absolute atomic E-state index is 12.3. The number of hydrogen-bond acceptors (Lipinski definition) is 3. The normalized spacial score (nSPS) is 10.5. The van der Waals surface area contributed by atoms with Crippen LogP contribution < -0.4 is 11.1 Å². The Balaban J connectivity index is 2.19. The first-order chi connectivity index (χ1) is 9.65. The van der Waals surface area contributed by atoms with Gasteiger partial charge in [-0.15, -0.1) is 11.3 Å². The zero-order valence-electron chi connectivity index (χ0n) is 11.9. The summed E-state index contributed by atoms with van der Waals surface area (Å²) in [6, 6.07) is 9.31. The van der Waals surface area contributed by atoms with E-state index in [2.05, 4.69) is 19.2 Å². The summed E-state index contributed by atoms with van der Waals surface area (Å²) < 4.78 is 0. The molecule has 0 fully saturated rings. The van der Waals surface area contributed by atoms with Gasteiger partial charge >= 0.3 is 0 Å². The summed E-state index contributed by atoms with van der Waals surface area (Å²) >= 11 is 1.59. The minimum absolute atomic E-state index is 0.0787. The number of aryl methyl sites for hydroxylation is 2. The maximum Gasteiger partial charge on any atom is 0.265 e. The number of nitrogen functional groups attached to an aromatic ring is 1. The van der Waals surface area contributed by atoms with Crippen molar-refractivity contribution in [3.63, 3.8) is 0 Å². The second-order valence-electron chi connectivity index (χ2n) is 4.70. The van der Waals surface area contributed by atoms with Crippen molar-refractivity contribution < 1.29 is 4.79 Å². The SMILES string of the molecule is CCCc1sc(C(=O)Nc2ccccc2N)cc1CC. The van der Waals surface area contributed by atoms with Crippen molar-refractivity contribution in [1.82, 2.24) is 0 Å². The van der Waals surface area contributed by atoms with E-state index in [9.17, 15) is 4.79 Å². The molecule has 0 bridgehead atoms. The number of carbonyl (C=O) groups excluding carboxylic acids is 1. The molecule has 3 N–H and O–H groups in total. The van der Waals surface area contributed by atoms with Crippen molar-refractivity contribution in [1.29, 1.82) is 0 Å². The summed E-state index contributed by atoms with van der Waals surface area (Å²) in [5, 5.41) is 2.88. The number of nitrogens with one attached hydrogen (secondary N) is 1. The van der Waals surface area contributed by atoms with Crippen LogP contribution in [0.3, 0.4) is 0 Å². The Labute approximate surface area is 123 Å². The van der Waals surface area contributed by atoms with Gasteiger partial charge in [0.15, 0.2) is 0 Å². The number of rotatable bonds is 5. The molecule has 0 atom stereocenters. The van der Waals surface area contributed by atoms with Gasteiger partial charge in [-0.1, -0.05) is 32.4 Å². The van der Waals surface area contributed by atoms with Crippen LogP contribution in [-0.4, -0.2) is 5.91 Å². The lowest BCUT2D eigenvalue weighted by molar-refractivity contribution is 0.103. The van der Waals surface area contributed by atoms with Gasteiger partial charge in [-0.05, 0) is 36.6 Å². The fourth-order valence-corrected chi connectivity index (χ4v) is 3.36. The number of hydrogen-bond donors (Lipinski definition) is 2. The third kappa shape index (κ3) is 3.20. The molecule has 2 aromatic rings. The fraction of sp³-hybridized carbons (Fsp3) is 0.312. The molecule has 0 unspecified atom stereocenters. The lowest BCUT2D eigenvalue weighted by Gasteiger charge is -2.06. The van der Waals surface area contributed by atoms with E-state index in [1.54, 1.807) is 17.4 Å². The first-order valence-electron chi connectivity index (χ1n) is 6.93. The van der Waals surface area contributed by atoms with Gasteiger partial charge in [0, 0.05) is 4.88 Å². The van der Waals surface area contributed by atoms with E-state index in [0.717, 1.165) is 24.1 Å². The quantitative estimate of drug-likeness (QED) is 0.814. The number of nitrogens with two attached hydrogens (primary N) is 1. The van der Waals surface area contributed by atoms with Gasteiger partial charge < -0.3 is 11.1 Å². The molecule has 0 spiro atoms. The highest BCUT2D eigenvalue weighted by atomic mass is 32.1. The molecule has 2 rings (SSSR count). The molecule has 1 aromatic carbocycles. The van der Waals surface area contributed by atoms with Crippen LogP contribution in [0.15, 0.2) is 30.3 Å². The molecule has 20 heavy (non-hydrogen) atoms. The number of carbonyl (C=O) groups is 1. The predicted octanol–water partition coefficient (Wildman–Crippen LogP) is 4.10. The van der Waals surface area contributed by atoms with E-state index in [1.807, 2.05) is 24.3 Å².